The zero-order valence-corrected chi connectivity index (χ0v) is 12.4. The van der Waals surface area contributed by atoms with Gasteiger partial charge in [-0.3, -0.25) is 10.1 Å². The van der Waals surface area contributed by atoms with Gasteiger partial charge in [-0.05, 0) is 13.0 Å². The summed E-state index contributed by atoms with van der Waals surface area (Å²) in [4.78, 5) is 16.4. The van der Waals surface area contributed by atoms with Crippen molar-refractivity contribution in [2.24, 2.45) is 0 Å². The lowest BCUT2D eigenvalue weighted by Gasteiger charge is -2.13. The number of nitro groups is 1. The molecule has 1 aromatic carbocycles. The molecule has 0 amide bonds. The second kappa shape index (κ2) is 5.80. The Balaban J connectivity index is 2.35. The summed E-state index contributed by atoms with van der Waals surface area (Å²) in [6.07, 6.45) is 3.04. The summed E-state index contributed by atoms with van der Waals surface area (Å²) in [5, 5.41) is 10.6. The van der Waals surface area contributed by atoms with Gasteiger partial charge in [0.25, 0.3) is 5.69 Å². The molecule has 2 aromatic rings. The Labute approximate surface area is 125 Å². The highest BCUT2D eigenvalue weighted by Gasteiger charge is 2.24. The summed E-state index contributed by atoms with van der Waals surface area (Å²) in [6, 6.07) is 2.59. The van der Waals surface area contributed by atoms with E-state index in [0.717, 1.165) is 12.1 Å². The first kappa shape index (κ1) is 15.4. The van der Waals surface area contributed by atoms with Gasteiger partial charge in [-0.15, -0.1) is 0 Å². The van der Waals surface area contributed by atoms with Gasteiger partial charge < -0.3 is 4.98 Å². The molecular formula is C11H11ClN4O4S. The van der Waals surface area contributed by atoms with E-state index in [1.54, 1.807) is 13.1 Å². The van der Waals surface area contributed by atoms with Crippen LogP contribution in [-0.4, -0.2) is 23.3 Å². The molecule has 0 saturated heterocycles. The number of aromatic amines is 1. The largest absolute Gasteiger partial charge is 0.347 e. The first-order valence-electron chi connectivity index (χ1n) is 5.77. The van der Waals surface area contributed by atoms with Gasteiger partial charge in [0.15, 0.2) is 0 Å². The van der Waals surface area contributed by atoms with E-state index in [9.17, 15) is 18.5 Å². The number of benzene rings is 1. The van der Waals surface area contributed by atoms with Crippen molar-refractivity contribution in [3.8, 4) is 0 Å². The molecule has 0 bridgehead atoms. The van der Waals surface area contributed by atoms with Crippen LogP contribution in [0.25, 0.3) is 0 Å². The van der Waals surface area contributed by atoms with E-state index in [0.29, 0.717) is 5.82 Å². The maximum atomic E-state index is 12.3. The molecule has 1 aromatic heterocycles. The Bertz CT molecular complexity index is 761. The lowest BCUT2D eigenvalue weighted by Crippen LogP contribution is -2.27. The topological polar surface area (TPSA) is 118 Å². The maximum Gasteiger partial charge on any atom is 0.270 e. The summed E-state index contributed by atoms with van der Waals surface area (Å²) in [7, 11) is -4.02. The molecule has 2 rings (SSSR count). The van der Waals surface area contributed by atoms with E-state index in [1.807, 2.05) is 0 Å². The normalized spacial score (nSPS) is 13.0. The van der Waals surface area contributed by atoms with E-state index >= 15 is 0 Å². The molecule has 1 atom stereocenters. The van der Waals surface area contributed by atoms with Crippen LogP contribution in [0.4, 0.5) is 5.69 Å². The smallest absolute Gasteiger partial charge is 0.270 e. The minimum absolute atomic E-state index is 0.0975. The number of sulfonamides is 1. The van der Waals surface area contributed by atoms with Gasteiger partial charge in [-0.1, -0.05) is 11.6 Å². The number of hydrogen-bond acceptors (Lipinski definition) is 5. The van der Waals surface area contributed by atoms with Crippen LogP contribution in [0.3, 0.4) is 0 Å². The molecule has 1 unspecified atom stereocenters. The summed E-state index contributed by atoms with van der Waals surface area (Å²) < 4.78 is 26.9. The van der Waals surface area contributed by atoms with Gasteiger partial charge >= 0.3 is 0 Å². The molecule has 0 fully saturated rings. The molecule has 0 spiro atoms. The van der Waals surface area contributed by atoms with Crippen LogP contribution in [-0.2, 0) is 10.0 Å². The third-order valence-electron chi connectivity index (χ3n) is 2.68. The average Bonchev–Trinajstić information content (AvgIpc) is 2.92. The molecule has 0 aliphatic heterocycles. The molecule has 112 valence electrons. The molecule has 10 heteroatoms. The highest BCUT2D eigenvalue weighted by molar-refractivity contribution is 7.89. The van der Waals surface area contributed by atoms with Crippen molar-refractivity contribution in [1.82, 2.24) is 14.7 Å². The number of H-pyrrole nitrogens is 1. The predicted molar refractivity (Wildman–Crippen MR) is 75.4 cm³/mol. The number of hydrogen-bond donors (Lipinski definition) is 2. The number of aromatic nitrogens is 2. The highest BCUT2D eigenvalue weighted by Crippen LogP contribution is 2.27. The van der Waals surface area contributed by atoms with Gasteiger partial charge in [0.1, 0.15) is 10.7 Å². The number of halogens is 1. The molecule has 21 heavy (non-hydrogen) atoms. The lowest BCUT2D eigenvalue weighted by atomic mass is 10.3. The molecule has 8 nitrogen and oxygen atoms in total. The van der Waals surface area contributed by atoms with Crippen LogP contribution in [0.5, 0.6) is 0 Å². The first-order chi connectivity index (χ1) is 9.81. The van der Waals surface area contributed by atoms with Crippen LogP contribution < -0.4 is 4.72 Å². The monoisotopic (exact) mass is 330 g/mol. The van der Waals surface area contributed by atoms with E-state index in [2.05, 4.69) is 14.7 Å². The fourth-order valence-electron chi connectivity index (χ4n) is 1.68. The standard InChI is InChI=1S/C11H11ClN4O4S/c1-7(11-13-4-5-14-11)15-21(19,20)10-6-8(16(17)18)2-3-9(10)12/h2-7,15H,1H3,(H,13,14). The van der Waals surface area contributed by atoms with Gasteiger partial charge in [-0.25, -0.2) is 18.1 Å². The number of rotatable bonds is 5. The van der Waals surface area contributed by atoms with Crippen LogP contribution >= 0.6 is 11.6 Å². The van der Waals surface area contributed by atoms with Crippen molar-refractivity contribution in [3.63, 3.8) is 0 Å². The number of nitrogens with zero attached hydrogens (tertiary/aromatic N) is 2. The van der Waals surface area contributed by atoms with E-state index < -0.39 is 21.0 Å². The third-order valence-corrected chi connectivity index (χ3v) is 4.70. The molecule has 2 N–H and O–H groups in total. The number of nitrogens with one attached hydrogen (secondary N) is 2. The summed E-state index contributed by atoms with van der Waals surface area (Å²) in [5.74, 6) is 0.417. The molecule has 1 heterocycles. The van der Waals surface area contributed by atoms with Gasteiger partial charge in [0, 0.05) is 24.5 Å². The fraction of sp³-hybridized carbons (Fsp3) is 0.182. The van der Waals surface area contributed by atoms with Crippen LogP contribution in [0.15, 0.2) is 35.5 Å². The van der Waals surface area contributed by atoms with E-state index in [4.69, 9.17) is 11.6 Å². The zero-order chi connectivity index (χ0) is 15.6. The predicted octanol–water partition coefficient (Wildman–Crippen LogP) is 2.01. The second-order valence-corrected chi connectivity index (χ2v) is 6.28. The van der Waals surface area contributed by atoms with E-state index in [1.165, 1.54) is 12.3 Å². The van der Waals surface area contributed by atoms with Crippen molar-refractivity contribution in [1.29, 1.82) is 0 Å². The SMILES string of the molecule is CC(NS(=O)(=O)c1cc([N+](=O)[O-])ccc1Cl)c1ncc[nH]1. The minimum atomic E-state index is -4.02. The molecule has 0 radical (unpaired) electrons. The molecule has 0 saturated carbocycles. The number of imidazole rings is 1. The Hall–Kier alpha value is -1.97. The maximum absolute atomic E-state index is 12.3. The Kier molecular flexibility index (Phi) is 4.26. The van der Waals surface area contributed by atoms with Crippen molar-refractivity contribution >= 4 is 27.3 Å². The van der Waals surface area contributed by atoms with Crippen molar-refractivity contribution in [2.45, 2.75) is 17.9 Å². The average molecular weight is 331 g/mol. The zero-order valence-electron chi connectivity index (χ0n) is 10.8. The Morgan fingerprint density at radius 3 is 2.76 bits per heavy atom. The van der Waals surface area contributed by atoms with Crippen molar-refractivity contribution < 1.29 is 13.3 Å². The van der Waals surface area contributed by atoms with Crippen LogP contribution in [0.1, 0.15) is 18.8 Å². The van der Waals surface area contributed by atoms with Gasteiger partial charge in [0.2, 0.25) is 10.0 Å². The number of nitro benzene ring substituents is 1. The second-order valence-electron chi connectivity index (χ2n) is 4.19. The number of non-ortho nitro benzene ring substituents is 1. The van der Waals surface area contributed by atoms with Crippen LogP contribution in [0.2, 0.25) is 5.02 Å². The van der Waals surface area contributed by atoms with Gasteiger partial charge in [-0.2, -0.15) is 0 Å². The molecule has 0 aliphatic carbocycles. The van der Waals surface area contributed by atoms with Crippen molar-refractivity contribution in [3.05, 3.63) is 51.6 Å². The third kappa shape index (κ3) is 3.38. The molecular weight excluding hydrogens is 320 g/mol. The Morgan fingerprint density at radius 1 is 1.48 bits per heavy atom. The summed E-state index contributed by atoms with van der Waals surface area (Å²) >= 11 is 5.83. The minimum Gasteiger partial charge on any atom is -0.347 e. The van der Waals surface area contributed by atoms with Gasteiger partial charge in [0.05, 0.1) is 16.0 Å². The van der Waals surface area contributed by atoms with Crippen LogP contribution in [0, 0.1) is 10.1 Å². The quantitative estimate of drug-likeness (QED) is 0.642. The van der Waals surface area contributed by atoms with Crippen molar-refractivity contribution in [2.75, 3.05) is 0 Å². The fourth-order valence-corrected chi connectivity index (χ4v) is 3.40. The first-order valence-corrected chi connectivity index (χ1v) is 7.63. The highest BCUT2D eigenvalue weighted by atomic mass is 35.5. The Morgan fingerprint density at radius 2 is 2.19 bits per heavy atom. The summed E-state index contributed by atoms with van der Waals surface area (Å²) in [5.41, 5.74) is -0.356. The molecule has 0 aliphatic rings. The summed E-state index contributed by atoms with van der Waals surface area (Å²) in [6.45, 7) is 1.58. The van der Waals surface area contributed by atoms with E-state index in [-0.39, 0.29) is 15.6 Å². The lowest BCUT2D eigenvalue weighted by molar-refractivity contribution is -0.385.